The van der Waals surface area contributed by atoms with E-state index < -0.39 is 0 Å². The number of anilines is 1. The minimum atomic E-state index is 0.331. The lowest BCUT2D eigenvalue weighted by Crippen LogP contribution is -2.09. The van der Waals surface area contributed by atoms with Crippen LogP contribution in [0.1, 0.15) is 50.1 Å². The number of nitrogens with zero attached hydrogens (tertiary/aromatic N) is 2. The van der Waals surface area contributed by atoms with Crippen molar-refractivity contribution in [1.82, 2.24) is 10.2 Å². The van der Waals surface area contributed by atoms with Crippen LogP contribution in [0.25, 0.3) is 0 Å². The summed E-state index contributed by atoms with van der Waals surface area (Å²) in [4.78, 5) is 0. The molecule has 0 radical (unpaired) electrons. The van der Waals surface area contributed by atoms with Crippen LogP contribution in [0.4, 0.5) is 5.82 Å². The predicted octanol–water partition coefficient (Wildman–Crippen LogP) is 2.78. The van der Waals surface area contributed by atoms with Gasteiger partial charge >= 0.3 is 0 Å². The summed E-state index contributed by atoms with van der Waals surface area (Å²) in [6.45, 7) is 0.927. The molecule has 0 saturated heterocycles. The zero-order valence-electron chi connectivity index (χ0n) is 10.00. The van der Waals surface area contributed by atoms with Gasteiger partial charge in [0.2, 0.25) is 0 Å². The molecule has 2 N–H and O–H groups in total. The fourth-order valence-electron chi connectivity index (χ4n) is 2.35. The normalized spacial score (nSPS) is 20.9. The van der Waals surface area contributed by atoms with Crippen LogP contribution >= 0.6 is 0 Å². The summed E-state index contributed by atoms with van der Waals surface area (Å²) < 4.78 is 0. The van der Waals surface area contributed by atoms with E-state index in [1.54, 1.807) is 0 Å². The summed E-state index contributed by atoms with van der Waals surface area (Å²) in [5.41, 5.74) is 1.60. The van der Waals surface area contributed by atoms with Gasteiger partial charge in [-0.15, -0.1) is 0 Å². The molecule has 0 atom stereocenters. The fourth-order valence-corrected chi connectivity index (χ4v) is 2.35. The summed E-state index contributed by atoms with van der Waals surface area (Å²) in [6.07, 6.45) is 6.83. The van der Waals surface area contributed by atoms with Crippen LogP contribution in [0.5, 0.6) is 0 Å². The van der Waals surface area contributed by atoms with Gasteiger partial charge in [0.15, 0.2) is 0 Å². The van der Waals surface area contributed by atoms with E-state index in [1.165, 1.54) is 31.4 Å². The van der Waals surface area contributed by atoms with Gasteiger partial charge in [0.25, 0.3) is 0 Å². The topological polar surface area (TPSA) is 64.5 Å². The molecule has 4 nitrogen and oxygen atoms in total. The number of H-pyrrole nitrogens is 1. The number of nitriles is 1. The van der Waals surface area contributed by atoms with Crippen LogP contribution in [-0.2, 0) is 0 Å². The van der Waals surface area contributed by atoms with Crippen LogP contribution in [0.2, 0.25) is 0 Å². The second-order valence-electron chi connectivity index (χ2n) is 5.49. The third-order valence-corrected chi connectivity index (χ3v) is 3.99. The van der Waals surface area contributed by atoms with Gasteiger partial charge in [-0.05, 0) is 37.5 Å². The molecular formula is C13H18N4. The Balaban J connectivity index is 1.46. The van der Waals surface area contributed by atoms with E-state index >= 15 is 0 Å². The van der Waals surface area contributed by atoms with E-state index in [0.717, 1.165) is 24.7 Å². The number of hydrogen-bond acceptors (Lipinski definition) is 3. The predicted molar refractivity (Wildman–Crippen MR) is 65.6 cm³/mol. The minimum absolute atomic E-state index is 0.331. The average Bonchev–Trinajstić information content (AvgIpc) is 3.23. The van der Waals surface area contributed by atoms with Gasteiger partial charge in [0.05, 0.1) is 6.07 Å². The van der Waals surface area contributed by atoms with E-state index in [4.69, 9.17) is 5.26 Å². The van der Waals surface area contributed by atoms with Crippen LogP contribution < -0.4 is 5.32 Å². The second-order valence-corrected chi connectivity index (χ2v) is 5.49. The maximum Gasteiger partial charge on any atom is 0.148 e. The maximum atomic E-state index is 8.74. The molecule has 1 aromatic heterocycles. The lowest BCUT2D eigenvalue weighted by atomic mass is 9.99. The molecule has 0 amide bonds. The van der Waals surface area contributed by atoms with Crippen LogP contribution in [0, 0.1) is 16.7 Å². The molecular weight excluding hydrogens is 212 g/mol. The van der Waals surface area contributed by atoms with E-state index in [9.17, 15) is 0 Å². The molecule has 0 spiro atoms. The first-order valence-corrected chi connectivity index (χ1v) is 6.47. The van der Waals surface area contributed by atoms with Gasteiger partial charge in [-0.3, -0.25) is 5.10 Å². The Morgan fingerprint density at radius 2 is 2.35 bits per heavy atom. The molecule has 0 aliphatic heterocycles. The zero-order chi connectivity index (χ0) is 11.7. The standard InChI is InChI=1S/C13H18N4/c14-7-5-13(3-4-13)6-8-15-12-9-11(16-17-12)10-1-2-10/h9-10H,1-6,8H2,(H2,15,16,17). The summed E-state index contributed by atoms with van der Waals surface area (Å²) >= 11 is 0. The summed E-state index contributed by atoms with van der Waals surface area (Å²) in [6, 6.07) is 4.42. The Morgan fingerprint density at radius 3 is 3.00 bits per heavy atom. The third kappa shape index (κ3) is 2.44. The zero-order valence-corrected chi connectivity index (χ0v) is 10.00. The Labute approximate surface area is 101 Å². The van der Waals surface area contributed by atoms with Crippen LogP contribution in [-0.4, -0.2) is 16.7 Å². The molecule has 2 saturated carbocycles. The summed E-state index contributed by atoms with van der Waals surface area (Å²) in [5.74, 6) is 1.69. The first-order chi connectivity index (χ1) is 8.31. The molecule has 4 heteroatoms. The molecule has 2 aliphatic rings. The fraction of sp³-hybridized carbons (Fsp3) is 0.692. The Bertz CT molecular complexity index is 435. The van der Waals surface area contributed by atoms with Gasteiger partial charge in [-0.1, -0.05) is 0 Å². The first-order valence-electron chi connectivity index (χ1n) is 6.47. The molecule has 2 aliphatic carbocycles. The summed E-state index contributed by atoms with van der Waals surface area (Å²) in [7, 11) is 0. The monoisotopic (exact) mass is 230 g/mol. The van der Waals surface area contributed by atoms with Crippen molar-refractivity contribution in [3.05, 3.63) is 11.8 Å². The maximum absolute atomic E-state index is 8.74. The smallest absolute Gasteiger partial charge is 0.148 e. The number of aromatic amines is 1. The van der Waals surface area contributed by atoms with Gasteiger partial charge in [-0.2, -0.15) is 10.4 Å². The molecule has 1 heterocycles. The highest BCUT2D eigenvalue weighted by Crippen LogP contribution is 2.51. The number of aromatic nitrogens is 2. The average molecular weight is 230 g/mol. The molecule has 2 fully saturated rings. The third-order valence-electron chi connectivity index (χ3n) is 3.99. The number of rotatable bonds is 6. The minimum Gasteiger partial charge on any atom is -0.369 e. The highest BCUT2D eigenvalue weighted by atomic mass is 15.2. The Morgan fingerprint density at radius 1 is 1.53 bits per heavy atom. The van der Waals surface area contributed by atoms with Crippen molar-refractivity contribution in [2.24, 2.45) is 5.41 Å². The van der Waals surface area contributed by atoms with E-state index in [2.05, 4.69) is 27.6 Å². The molecule has 0 unspecified atom stereocenters. The Hall–Kier alpha value is -1.50. The van der Waals surface area contributed by atoms with Crippen LogP contribution in [0.15, 0.2) is 6.07 Å². The number of hydrogen-bond donors (Lipinski definition) is 2. The van der Waals surface area contributed by atoms with Gasteiger partial charge in [0, 0.05) is 30.6 Å². The van der Waals surface area contributed by atoms with Gasteiger partial charge in [-0.25, -0.2) is 0 Å². The van der Waals surface area contributed by atoms with Crippen molar-refractivity contribution >= 4 is 5.82 Å². The second kappa shape index (κ2) is 4.06. The first kappa shape index (κ1) is 10.6. The van der Waals surface area contributed by atoms with Crippen molar-refractivity contribution in [3.8, 4) is 6.07 Å². The highest BCUT2D eigenvalue weighted by Gasteiger charge is 2.41. The van der Waals surface area contributed by atoms with Crippen molar-refractivity contribution in [2.75, 3.05) is 11.9 Å². The van der Waals surface area contributed by atoms with Crippen LogP contribution in [0.3, 0.4) is 0 Å². The molecule has 1 aromatic rings. The summed E-state index contributed by atoms with van der Waals surface area (Å²) in [5, 5.41) is 19.4. The van der Waals surface area contributed by atoms with Gasteiger partial charge in [0.1, 0.15) is 5.82 Å². The largest absolute Gasteiger partial charge is 0.369 e. The lowest BCUT2D eigenvalue weighted by molar-refractivity contribution is 0.492. The Kier molecular flexibility index (Phi) is 2.54. The molecule has 0 aromatic carbocycles. The van der Waals surface area contributed by atoms with E-state index in [1.807, 2.05) is 0 Å². The van der Waals surface area contributed by atoms with Gasteiger partial charge < -0.3 is 5.32 Å². The lowest BCUT2D eigenvalue weighted by Gasteiger charge is -2.10. The molecule has 0 bridgehead atoms. The number of nitrogens with one attached hydrogen (secondary N) is 2. The molecule has 90 valence electrons. The van der Waals surface area contributed by atoms with E-state index in [0.29, 0.717) is 11.8 Å². The van der Waals surface area contributed by atoms with Crippen molar-refractivity contribution < 1.29 is 0 Å². The SMILES string of the molecule is N#CCC1(CCNc2cc(C3CC3)[nH]n2)CC1. The molecule has 17 heavy (non-hydrogen) atoms. The van der Waals surface area contributed by atoms with E-state index in [-0.39, 0.29) is 0 Å². The van der Waals surface area contributed by atoms with Crippen molar-refractivity contribution in [3.63, 3.8) is 0 Å². The highest BCUT2D eigenvalue weighted by molar-refractivity contribution is 5.37. The quantitative estimate of drug-likeness (QED) is 0.789. The van der Waals surface area contributed by atoms with Crippen molar-refractivity contribution in [1.29, 1.82) is 5.26 Å². The molecule has 3 rings (SSSR count). The van der Waals surface area contributed by atoms with Crippen molar-refractivity contribution in [2.45, 2.75) is 44.4 Å².